The van der Waals surface area contributed by atoms with Crippen LogP contribution in [0.4, 0.5) is 4.39 Å². The minimum absolute atomic E-state index is 0.0318. The maximum atomic E-state index is 13.7. The van der Waals surface area contributed by atoms with Crippen molar-refractivity contribution in [2.45, 2.75) is 39.4 Å². The number of carbonyl (C=O) groups is 1. The fourth-order valence-corrected chi connectivity index (χ4v) is 2.05. The van der Waals surface area contributed by atoms with E-state index in [9.17, 15) is 9.18 Å². The molecule has 2 rings (SSSR count). The van der Waals surface area contributed by atoms with Gasteiger partial charge in [0.15, 0.2) is 12.0 Å². The Hall–Kier alpha value is -1.46. The fraction of sp³-hybridized carbons (Fsp3) is 0.727. The van der Waals surface area contributed by atoms with Crippen molar-refractivity contribution in [1.29, 1.82) is 0 Å². The average molecular weight is 241 g/mol. The SMILES string of the molecule is CCOC(=O)c1nc2n(n1)C(C(C)C)C[C@@H]2F. The van der Waals surface area contributed by atoms with Gasteiger partial charge in [0.1, 0.15) is 0 Å². The van der Waals surface area contributed by atoms with Gasteiger partial charge in [0, 0.05) is 6.42 Å². The second kappa shape index (κ2) is 4.43. The zero-order chi connectivity index (χ0) is 12.6. The molecule has 1 aliphatic rings. The largest absolute Gasteiger partial charge is 0.460 e. The Bertz CT molecular complexity index is 430. The van der Waals surface area contributed by atoms with Gasteiger partial charge in [-0.2, -0.15) is 0 Å². The van der Waals surface area contributed by atoms with Gasteiger partial charge in [0.05, 0.1) is 12.6 Å². The minimum Gasteiger partial charge on any atom is -0.460 e. The van der Waals surface area contributed by atoms with Crippen molar-refractivity contribution < 1.29 is 13.9 Å². The minimum atomic E-state index is -1.14. The summed E-state index contributed by atoms with van der Waals surface area (Å²) in [7, 11) is 0. The molecule has 2 heterocycles. The lowest BCUT2D eigenvalue weighted by molar-refractivity contribution is 0.0510. The number of nitrogens with zero attached hydrogens (tertiary/aromatic N) is 3. The topological polar surface area (TPSA) is 57.0 Å². The van der Waals surface area contributed by atoms with E-state index >= 15 is 0 Å². The van der Waals surface area contributed by atoms with Gasteiger partial charge >= 0.3 is 5.97 Å². The second-order valence-electron chi connectivity index (χ2n) is 4.47. The first-order chi connectivity index (χ1) is 8.04. The van der Waals surface area contributed by atoms with E-state index < -0.39 is 12.1 Å². The normalized spacial score (nSPS) is 22.9. The molecule has 1 aliphatic heterocycles. The highest BCUT2D eigenvalue weighted by molar-refractivity contribution is 5.85. The Morgan fingerprint density at radius 1 is 1.65 bits per heavy atom. The Balaban J connectivity index is 2.29. The summed E-state index contributed by atoms with van der Waals surface area (Å²) in [4.78, 5) is 15.4. The van der Waals surface area contributed by atoms with Crippen molar-refractivity contribution in [3.63, 3.8) is 0 Å². The van der Waals surface area contributed by atoms with Crippen molar-refractivity contribution in [2.24, 2.45) is 5.92 Å². The zero-order valence-corrected chi connectivity index (χ0v) is 10.2. The Labute approximate surface area is 99.0 Å². The van der Waals surface area contributed by atoms with Crippen LogP contribution in [0.2, 0.25) is 0 Å². The number of fused-ring (bicyclic) bond motifs is 1. The Morgan fingerprint density at radius 3 is 2.94 bits per heavy atom. The molecule has 1 aromatic rings. The fourth-order valence-electron chi connectivity index (χ4n) is 2.05. The van der Waals surface area contributed by atoms with Crippen LogP contribution in [0.5, 0.6) is 0 Å². The predicted octanol–water partition coefficient (Wildman–Crippen LogP) is 2.07. The van der Waals surface area contributed by atoms with E-state index in [4.69, 9.17) is 4.74 Å². The molecule has 6 heteroatoms. The lowest BCUT2D eigenvalue weighted by Crippen LogP contribution is -2.14. The van der Waals surface area contributed by atoms with Crippen molar-refractivity contribution in [3.05, 3.63) is 11.6 Å². The molecule has 5 nitrogen and oxygen atoms in total. The number of esters is 1. The molecule has 1 unspecified atom stereocenters. The van der Waals surface area contributed by atoms with Gasteiger partial charge in [-0.3, -0.25) is 0 Å². The molecule has 17 heavy (non-hydrogen) atoms. The van der Waals surface area contributed by atoms with Gasteiger partial charge < -0.3 is 4.74 Å². The summed E-state index contributed by atoms with van der Waals surface area (Å²) in [6, 6.07) is -0.0318. The Kier molecular flexibility index (Phi) is 3.13. The summed E-state index contributed by atoms with van der Waals surface area (Å²) < 4.78 is 20.0. The quantitative estimate of drug-likeness (QED) is 0.760. The third-order valence-electron chi connectivity index (χ3n) is 2.93. The van der Waals surface area contributed by atoms with Crippen molar-refractivity contribution in [3.8, 4) is 0 Å². The molecule has 0 bridgehead atoms. The molecule has 0 N–H and O–H groups in total. The standard InChI is InChI=1S/C11H16FN3O2/c1-4-17-11(16)9-13-10-7(12)5-8(6(2)3)15(10)14-9/h6-8H,4-5H2,1-3H3/t7-,8?/m0/s1. The maximum absolute atomic E-state index is 13.7. The van der Waals surface area contributed by atoms with Crippen molar-refractivity contribution in [2.75, 3.05) is 6.61 Å². The molecule has 0 saturated carbocycles. The molecule has 1 aromatic heterocycles. The smallest absolute Gasteiger partial charge is 0.378 e. The molecular weight excluding hydrogens is 225 g/mol. The van der Waals surface area contributed by atoms with Crippen LogP contribution in [0.1, 0.15) is 55.8 Å². The molecule has 0 radical (unpaired) electrons. The second-order valence-corrected chi connectivity index (χ2v) is 4.47. The summed E-state index contributed by atoms with van der Waals surface area (Å²) in [5.41, 5.74) is 0. The summed E-state index contributed by atoms with van der Waals surface area (Å²) in [6.45, 7) is 5.96. The number of halogens is 1. The number of hydrogen-bond donors (Lipinski definition) is 0. The van der Waals surface area contributed by atoms with Crippen molar-refractivity contribution in [1.82, 2.24) is 14.8 Å². The van der Waals surface area contributed by atoms with Crippen molar-refractivity contribution >= 4 is 5.97 Å². The number of alkyl halides is 1. The highest BCUT2D eigenvalue weighted by Gasteiger charge is 2.37. The van der Waals surface area contributed by atoms with E-state index in [2.05, 4.69) is 10.1 Å². The van der Waals surface area contributed by atoms with E-state index in [0.717, 1.165) is 0 Å². The molecule has 0 aromatic carbocycles. The molecule has 2 atom stereocenters. The summed E-state index contributed by atoms with van der Waals surface area (Å²) in [5, 5.41) is 4.05. The number of aromatic nitrogens is 3. The Morgan fingerprint density at radius 2 is 2.35 bits per heavy atom. The molecule has 0 amide bonds. The van der Waals surface area contributed by atoms with Crippen LogP contribution in [-0.2, 0) is 4.74 Å². The molecule has 0 fully saturated rings. The van der Waals surface area contributed by atoms with E-state index in [1.54, 1.807) is 6.92 Å². The van der Waals surface area contributed by atoms with Gasteiger partial charge in [0.25, 0.3) is 5.82 Å². The summed E-state index contributed by atoms with van der Waals surface area (Å²) in [5.74, 6) is -0.142. The van der Waals surface area contributed by atoms with Crippen LogP contribution in [0.25, 0.3) is 0 Å². The van der Waals surface area contributed by atoms with Gasteiger partial charge in [-0.25, -0.2) is 18.9 Å². The zero-order valence-electron chi connectivity index (χ0n) is 10.2. The van der Waals surface area contributed by atoms with E-state index in [0.29, 0.717) is 6.42 Å². The van der Waals surface area contributed by atoms with Gasteiger partial charge in [-0.15, -0.1) is 5.10 Å². The molecule has 0 spiro atoms. The first kappa shape index (κ1) is 12.0. The highest BCUT2D eigenvalue weighted by Crippen LogP contribution is 2.39. The number of rotatable bonds is 3. The lowest BCUT2D eigenvalue weighted by atomic mass is 10.0. The first-order valence-corrected chi connectivity index (χ1v) is 5.82. The van der Waals surface area contributed by atoms with Gasteiger partial charge in [-0.1, -0.05) is 13.8 Å². The molecule has 94 valence electrons. The van der Waals surface area contributed by atoms with Gasteiger partial charge in [-0.05, 0) is 12.8 Å². The van der Waals surface area contributed by atoms with Gasteiger partial charge in [0.2, 0.25) is 0 Å². The summed E-state index contributed by atoms with van der Waals surface area (Å²) >= 11 is 0. The first-order valence-electron chi connectivity index (χ1n) is 5.82. The lowest BCUT2D eigenvalue weighted by Gasteiger charge is -2.14. The van der Waals surface area contributed by atoms with E-state index in [1.807, 2.05) is 13.8 Å². The van der Waals surface area contributed by atoms with Crippen LogP contribution in [0, 0.1) is 5.92 Å². The predicted molar refractivity (Wildman–Crippen MR) is 58.3 cm³/mol. The number of carbonyl (C=O) groups excluding carboxylic acids is 1. The number of hydrogen-bond acceptors (Lipinski definition) is 4. The molecule has 0 aliphatic carbocycles. The maximum Gasteiger partial charge on any atom is 0.378 e. The van der Waals surface area contributed by atoms with E-state index in [1.165, 1.54) is 4.68 Å². The van der Waals surface area contributed by atoms with E-state index in [-0.39, 0.29) is 30.2 Å². The highest BCUT2D eigenvalue weighted by atomic mass is 19.1. The number of ether oxygens (including phenoxy) is 1. The monoisotopic (exact) mass is 241 g/mol. The third kappa shape index (κ3) is 2.03. The van der Waals surface area contributed by atoms with Crippen LogP contribution in [0.15, 0.2) is 0 Å². The van der Waals surface area contributed by atoms with Crippen LogP contribution < -0.4 is 0 Å². The average Bonchev–Trinajstić information content (AvgIpc) is 2.80. The molecular formula is C11H16FN3O2. The van der Waals surface area contributed by atoms with Crippen LogP contribution in [0.3, 0.4) is 0 Å². The van der Waals surface area contributed by atoms with Crippen LogP contribution >= 0.6 is 0 Å². The van der Waals surface area contributed by atoms with Crippen LogP contribution in [-0.4, -0.2) is 27.3 Å². The third-order valence-corrected chi connectivity index (χ3v) is 2.93. The molecule has 0 saturated heterocycles. The summed E-state index contributed by atoms with van der Waals surface area (Å²) in [6.07, 6.45) is -0.756.